The molecule has 2 aliphatic rings. The molecule has 2 aliphatic carbocycles. The van der Waals surface area contributed by atoms with E-state index in [4.69, 9.17) is 0 Å². The summed E-state index contributed by atoms with van der Waals surface area (Å²) in [4.78, 5) is 0. The molecular weight excluding hydrogens is 244 g/mol. The second-order valence-corrected chi connectivity index (χ2v) is 6.56. The molecule has 1 saturated carbocycles. The third-order valence-corrected chi connectivity index (χ3v) is 5.53. The standard InChI is InChI=1S/C19H20O/c1-12-7-8-15-13-5-3-4-6-14(13)16-9-10-18(20)19(16,2)17(15)11-12/h3-8,11,16,18,20H,9-10H2,1-2H3/t16-,18-,19+/m1/s1. The fourth-order valence-electron chi connectivity index (χ4n) is 4.39. The van der Waals surface area contributed by atoms with E-state index in [0.717, 1.165) is 12.8 Å². The predicted octanol–water partition coefficient (Wildman–Crippen LogP) is 4.17. The van der Waals surface area contributed by atoms with Crippen LogP contribution in [-0.4, -0.2) is 11.2 Å². The van der Waals surface area contributed by atoms with Gasteiger partial charge in [0.2, 0.25) is 0 Å². The number of fused-ring (bicyclic) bond motifs is 6. The SMILES string of the molecule is Cc1ccc2c(c1)[C@@]1(C)[C@H](O)CC[C@@H]1c1ccccc1-2. The summed E-state index contributed by atoms with van der Waals surface area (Å²) in [5, 5.41) is 10.6. The largest absolute Gasteiger partial charge is 0.392 e. The van der Waals surface area contributed by atoms with Crippen LogP contribution in [0.15, 0.2) is 42.5 Å². The first kappa shape index (κ1) is 12.2. The lowest BCUT2D eigenvalue weighted by molar-refractivity contribution is 0.109. The van der Waals surface area contributed by atoms with Crippen molar-refractivity contribution in [1.82, 2.24) is 0 Å². The van der Waals surface area contributed by atoms with Crippen LogP contribution < -0.4 is 0 Å². The first-order chi connectivity index (χ1) is 9.62. The number of hydrogen-bond acceptors (Lipinski definition) is 1. The van der Waals surface area contributed by atoms with Gasteiger partial charge >= 0.3 is 0 Å². The van der Waals surface area contributed by atoms with Gasteiger partial charge in [0, 0.05) is 5.41 Å². The molecule has 1 heteroatoms. The van der Waals surface area contributed by atoms with E-state index in [2.05, 4.69) is 56.3 Å². The molecule has 0 saturated heterocycles. The zero-order chi connectivity index (χ0) is 13.9. The van der Waals surface area contributed by atoms with E-state index in [1.54, 1.807) is 0 Å². The van der Waals surface area contributed by atoms with Crippen molar-refractivity contribution in [3.8, 4) is 11.1 Å². The van der Waals surface area contributed by atoms with Crippen LogP contribution in [0.25, 0.3) is 11.1 Å². The minimum atomic E-state index is -0.235. The van der Waals surface area contributed by atoms with Gasteiger partial charge in [0.25, 0.3) is 0 Å². The third-order valence-electron chi connectivity index (χ3n) is 5.53. The average Bonchev–Trinajstić information content (AvgIpc) is 2.77. The van der Waals surface area contributed by atoms with Gasteiger partial charge in [-0.1, -0.05) is 55.0 Å². The van der Waals surface area contributed by atoms with Crippen molar-refractivity contribution in [3.05, 3.63) is 59.2 Å². The molecule has 3 atom stereocenters. The number of aliphatic hydroxyl groups is 1. The third kappa shape index (κ3) is 1.36. The highest BCUT2D eigenvalue weighted by molar-refractivity contribution is 5.77. The number of aryl methyl sites for hydroxylation is 1. The van der Waals surface area contributed by atoms with Crippen LogP contribution in [-0.2, 0) is 5.41 Å². The normalized spacial score (nSPS) is 30.6. The van der Waals surface area contributed by atoms with E-state index in [-0.39, 0.29) is 11.5 Å². The molecule has 2 aromatic rings. The predicted molar refractivity (Wildman–Crippen MR) is 81.9 cm³/mol. The van der Waals surface area contributed by atoms with Crippen LogP contribution in [0.4, 0.5) is 0 Å². The van der Waals surface area contributed by atoms with E-state index >= 15 is 0 Å². The van der Waals surface area contributed by atoms with E-state index in [9.17, 15) is 5.11 Å². The highest BCUT2D eigenvalue weighted by atomic mass is 16.3. The van der Waals surface area contributed by atoms with Gasteiger partial charge in [-0.25, -0.2) is 0 Å². The van der Waals surface area contributed by atoms with E-state index in [1.807, 2.05) is 0 Å². The quantitative estimate of drug-likeness (QED) is 0.757. The Hall–Kier alpha value is -1.60. The van der Waals surface area contributed by atoms with Gasteiger partial charge in [-0.15, -0.1) is 0 Å². The summed E-state index contributed by atoms with van der Waals surface area (Å²) in [7, 11) is 0. The van der Waals surface area contributed by atoms with Crippen LogP contribution in [0.2, 0.25) is 0 Å². The zero-order valence-electron chi connectivity index (χ0n) is 12.1. The summed E-state index contributed by atoms with van der Waals surface area (Å²) >= 11 is 0. The Bertz CT molecular complexity index is 688. The van der Waals surface area contributed by atoms with Gasteiger partial charge < -0.3 is 5.11 Å². The van der Waals surface area contributed by atoms with Crippen LogP contribution in [0.1, 0.15) is 42.4 Å². The topological polar surface area (TPSA) is 20.2 Å². The molecule has 0 bridgehead atoms. The van der Waals surface area contributed by atoms with Crippen LogP contribution >= 0.6 is 0 Å². The second-order valence-electron chi connectivity index (χ2n) is 6.56. The van der Waals surface area contributed by atoms with Gasteiger partial charge in [0.1, 0.15) is 0 Å². The highest BCUT2D eigenvalue weighted by Gasteiger charge is 2.51. The molecule has 1 N–H and O–H groups in total. The molecule has 2 aromatic carbocycles. The summed E-state index contributed by atoms with van der Waals surface area (Å²) < 4.78 is 0. The van der Waals surface area contributed by atoms with Gasteiger partial charge in [-0.2, -0.15) is 0 Å². The Balaban J connectivity index is 2.09. The van der Waals surface area contributed by atoms with Gasteiger partial charge in [0.05, 0.1) is 6.10 Å². The Morgan fingerprint density at radius 3 is 2.70 bits per heavy atom. The van der Waals surface area contributed by atoms with Gasteiger partial charge in [-0.05, 0) is 47.9 Å². The fraction of sp³-hybridized carbons (Fsp3) is 0.368. The summed E-state index contributed by atoms with van der Waals surface area (Å²) in [5.41, 5.74) is 6.58. The lowest BCUT2D eigenvalue weighted by Crippen LogP contribution is -2.38. The number of benzene rings is 2. The maximum absolute atomic E-state index is 10.6. The number of rotatable bonds is 0. The van der Waals surface area contributed by atoms with Crippen molar-refractivity contribution in [2.75, 3.05) is 0 Å². The number of aliphatic hydroxyl groups excluding tert-OH is 1. The van der Waals surface area contributed by atoms with Crippen LogP contribution in [0.3, 0.4) is 0 Å². The summed E-state index contributed by atoms with van der Waals surface area (Å²) in [6, 6.07) is 15.4. The van der Waals surface area contributed by atoms with Crippen molar-refractivity contribution in [2.45, 2.75) is 44.1 Å². The van der Waals surface area contributed by atoms with Crippen molar-refractivity contribution in [3.63, 3.8) is 0 Å². The summed E-state index contributed by atoms with van der Waals surface area (Å²) in [6.07, 6.45) is 1.76. The molecule has 0 heterocycles. The monoisotopic (exact) mass is 264 g/mol. The van der Waals surface area contributed by atoms with Crippen molar-refractivity contribution in [2.24, 2.45) is 0 Å². The second kappa shape index (κ2) is 3.95. The maximum Gasteiger partial charge on any atom is 0.0640 e. The molecule has 20 heavy (non-hydrogen) atoms. The van der Waals surface area contributed by atoms with Crippen LogP contribution in [0, 0.1) is 6.92 Å². The summed E-state index contributed by atoms with van der Waals surface area (Å²) in [5.74, 6) is 0.447. The van der Waals surface area contributed by atoms with Gasteiger partial charge in [-0.3, -0.25) is 0 Å². The first-order valence-electron chi connectivity index (χ1n) is 7.51. The van der Waals surface area contributed by atoms with Crippen molar-refractivity contribution in [1.29, 1.82) is 0 Å². The Labute approximate surface area is 120 Å². The maximum atomic E-state index is 10.6. The molecule has 0 radical (unpaired) electrons. The fourth-order valence-corrected chi connectivity index (χ4v) is 4.39. The molecule has 0 amide bonds. The molecule has 0 aliphatic heterocycles. The van der Waals surface area contributed by atoms with Crippen LogP contribution in [0.5, 0.6) is 0 Å². The molecule has 1 nitrogen and oxygen atoms in total. The lowest BCUT2D eigenvalue weighted by Gasteiger charge is -2.42. The summed E-state index contributed by atoms with van der Waals surface area (Å²) in [6.45, 7) is 4.39. The molecule has 102 valence electrons. The van der Waals surface area contributed by atoms with E-state index in [1.165, 1.54) is 27.8 Å². The van der Waals surface area contributed by atoms with Crippen molar-refractivity contribution < 1.29 is 5.11 Å². The molecule has 4 rings (SSSR count). The Morgan fingerprint density at radius 2 is 1.85 bits per heavy atom. The van der Waals surface area contributed by atoms with Crippen molar-refractivity contribution >= 4 is 0 Å². The molecular formula is C19H20O. The molecule has 0 unspecified atom stereocenters. The lowest BCUT2D eigenvalue weighted by atomic mass is 9.63. The first-order valence-corrected chi connectivity index (χ1v) is 7.51. The minimum Gasteiger partial charge on any atom is -0.392 e. The molecule has 0 aromatic heterocycles. The smallest absolute Gasteiger partial charge is 0.0640 e. The Kier molecular flexibility index (Phi) is 2.41. The van der Waals surface area contributed by atoms with E-state index in [0.29, 0.717) is 5.92 Å². The van der Waals surface area contributed by atoms with Gasteiger partial charge in [0.15, 0.2) is 0 Å². The van der Waals surface area contributed by atoms with E-state index < -0.39 is 0 Å². The highest BCUT2D eigenvalue weighted by Crippen LogP contribution is 2.58. The zero-order valence-corrected chi connectivity index (χ0v) is 12.1. The minimum absolute atomic E-state index is 0.129. The Morgan fingerprint density at radius 1 is 1.05 bits per heavy atom. The molecule has 0 spiro atoms. The number of hydrogen-bond donors (Lipinski definition) is 1. The molecule has 1 fully saturated rings. The average molecular weight is 264 g/mol.